The summed E-state index contributed by atoms with van der Waals surface area (Å²) in [6.07, 6.45) is 4.02. The number of hydrogen-bond acceptors (Lipinski definition) is 1. The van der Waals surface area contributed by atoms with E-state index < -0.39 is 11.4 Å². The third-order valence-corrected chi connectivity index (χ3v) is 5.04. The quantitative estimate of drug-likeness (QED) is 0.870. The van der Waals surface area contributed by atoms with Gasteiger partial charge in [0, 0.05) is 11.1 Å². The number of nitrogens with one attached hydrogen (secondary N) is 1. The highest BCUT2D eigenvalue weighted by atomic mass is 19.1. The predicted octanol–water partition coefficient (Wildman–Crippen LogP) is 4.21. The Morgan fingerprint density at radius 3 is 2.52 bits per heavy atom. The number of aromatic nitrogens is 1. The molecule has 1 aromatic heterocycles. The summed E-state index contributed by atoms with van der Waals surface area (Å²) in [6.45, 7) is 3.84. The summed E-state index contributed by atoms with van der Waals surface area (Å²) in [4.78, 5) is 14.9. The molecule has 2 aromatic rings. The van der Waals surface area contributed by atoms with Crippen molar-refractivity contribution in [3.8, 4) is 0 Å². The molecule has 0 radical (unpaired) electrons. The number of carboxylic acid groups (broad SMARTS) is 1. The van der Waals surface area contributed by atoms with E-state index in [-0.39, 0.29) is 5.82 Å². The van der Waals surface area contributed by atoms with Crippen molar-refractivity contribution in [2.75, 3.05) is 0 Å². The molecule has 1 aromatic carbocycles. The first-order chi connectivity index (χ1) is 9.95. The molecule has 1 fully saturated rings. The maximum Gasteiger partial charge on any atom is 0.314 e. The lowest BCUT2D eigenvalue weighted by Gasteiger charge is -2.33. The van der Waals surface area contributed by atoms with Gasteiger partial charge in [-0.3, -0.25) is 4.79 Å². The number of aromatic amines is 1. The summed E-state index contributed by atoms with van der Waals surface area (Å²) in [5, 5.41) is 10.5. The van der Waals surface area contributed by atoms with Crippen LogP contribution in [0.1, 0.15) is 48.9 Å². The Hall–Kier alpha value is -1.84. The van der Waals surface area contributed by atoms with E-state index in [1.165, 1.54) is 6.07 Å². The number of aryl methyl sites for hydroxylation is 2. The Morgan fingerprint density at radius 2 is 1.90 bits per heavy atom. The van der Waals surface area contributed by atoms with Crippen molar-refractivity contribution in [2.45, 2.75) is 51.4 Å². The molecule has 1 aliphatic carbocycles. The minimum Gasteiger partial charge on any atom is -0.481 e. The molecule has 0 spiro atoms. The molecule has 0 bridgehead atoms. The SMILES string of the molecule is Cc1[nH]c2c(F)cc(C3(C(=O)O)CCCCC3)cc2c1C. The Kier molecular flexibility index (Phi) is 3.27. The van der Waals surface area contributed by atoms with Gasteiger partial charge in [-0.2, -0.15) is 0 Å². The molecule has 2 N–H and O–H groups in total. The molecule has 112 valence electrons. The smallest absolute Gasteiger partial charge is 0.314 e. The molecular formula is C17H20FNO2. The summed E-state index contributed by atoms with van der Waals surface area (Å²) >= 11 is 0. The van der Waals surface area contributed by atoms with Crippen molar-refractivity contribution in [3.05, 3.63) is 34.8 Å². The van der Waals surface area contributed by atoms with Gasteiger partial charge in [0.15, 0.2) is 0 Å². The third kappa shape index (κ3) is 2.04. The summed E-state index contributed by atoms with van der Waals surface area (Å²) in [6, 6.07) is 3.29. The number of rotatable bonds is 2. The first-order valence-electron chi connectivity index (χ1n) is 7.48. The Bertz CT molecular complexity index is 711. The molecular weight excluding hydrogens is 269 g/mol. The standard InChI is InChI=1S/C17H20FNO2/c1-10-11(2)19-15-13(10)8-12(9-14(15)18)17(16(20)21)6-4-3-5-7-17/h8-9,19H,3-7H2,1-2H3,(H,20,21). The fourth-order valence-electron chi connectivity index (χ4n) is 3.57. The minimum absolute atomic E-state index is 0.357. The highest BCUT2D eigenvalue weighted by Crippen LogP contribution is 2.41. The van der Waals surface area contributed by atoms with Crippen molar-refractivity contribution in [2.24, 2.45) is 0 Å². The fourth-order valence-corrected chi connectivity index (χ4v) is 3.57. The second-order valence-corrected chi connectivity index (χ2v) is 6.20. The number of H-pyrrole nitrogens is 1. The van der Waals surface area contributed by atoms with Crippen LogP contribution in [0.5, 0.6) is 0 Å². The summed E-state index contributed by atoms with van der Waals surface area (Å²) in [7, 11) is 0. The maximum absolute atomic E-state index is 14.4. The zero-order valence-corrected chi connectivity index (χ0v) is 12.4. The average molecular weight is 289 g/mol. The average Bonchev–Trinajstić information content (AvgIpc) is 2.76. The van der Waals surface area contributed by atoms with Crippen LogP contribution in [-0.2, 0) is 10.2 Å². The van der Waals surface area contributed by atoms with Crippen LogP contribution in [0, 0.1) is 19.7 Å². The molecule has 1 heterocycles. The van der Waals surface area contributed by atoms with Gasteiger partial charge in [-0.05, 0) is 49.9 Å². The number of benzene rings is 1. The molecule has 0 atom stereocenters. The Labute approximate surface area is 123 Å². The van der Waals surface area contributed by atoms with E-state index in [1.807, 2.05) is 19.9 Å². The van der Waals surface area contributed by atoms with Crippen molar-refractivity contribution in [1.82, 2.24) is 4.98 Å². The summed E-state index contributed by atoms with van der Waals surface area (Å²) in [5.74, 6) is -1.18. The van der Waals surface area contributed by atoms with Gasteiger partial charge in [0.05, 0.1) is 10.9 Å². The summed E-state index contributed by atoms with van der Waals surface area (Å²) < 4.78 is 14.4. The molecule has 1 aliphatic rings. The van der Waals surface area contributed by atoms with E-state index in [0.29, 0.717) is 23.9 Å². The van der Waals surface area contributed by atoms with Crippen LogP contribution >= 0.6 is 0 Å². The van der Waals surface area contributed by atoms with Crippen LogP contribution in [0.25, 0.3) is 10.9 Å². The molecule has 0 amide bonds. The lowest BCUT2D eigenvalue weighted by Crippen LogP contribution is -2.37. The Morgan fingerprint density at radius 1 is 1.24 bits per heavy atom. The van der Waals surface area contributed by atoms with Crippen LogP contribution in [0.2, 0.25) is 0 Å². The van der Waals surface area contributed by atoms with E-state index >= 15 is 0 Å². The highest BCUT2D eigenvalue weighted by molar-refractivity contribution is 5.89. The second kappa shape index (κ2) is 4.86. The van der Waals surface area contributed by atoms with Crippen LogP contribution in [0.3, 0.4) is 0 Å². The molecule has 21 heavy (non-hydrogen) atoms. The number of aliphatic carboxylic acids is 1. The molecule has 0 unspecified atom stereocenters. The normalized spacial score (nSPS) is 18.0. The molecule has 0 aliphatic heterocycles. The Balaban J connectivity index is 2.23. The third-order valence-electron chi connectivity index (χ3n) is 5.04. The summed E-state index contributed by atoms with van der Waals surface area (Å²) in [5.41, 5.74) is 2.08. The molecule has 3 nitrogen and oxygen atoms in total. The van der Waals surface area contributed by atoms with E-state index in [0.717, 1.165) is 35.9 Å². The molecule has 0 saturated heterocycles. The van der Waals surface area contributed by atoms with E-state index in [2.05, 4.69) is 4.98 Å². The lowest BCUT2D eigenvalue weighted by atomic mass is 9.69. The van der Waals surface area contributed by atoms with Gasteiger partial charge in [0.25, 0.3) is 0 Å². The van der Waals surface area contributed by atoms with Gasteiger partial charge < -0.3 is 10.1 Å². The van der Waals surface area contributed by atoms with Crippen LogP contribution in [0.4, 0.5) is 4.39 Å². The zero-order valence-electron chi connectivity index (χ0n) is 12.4. The fraction of sp³-hybridized carbons (Fsp3) is 0.471. The largest absolute Gasteiger partial charge is 0.481 e. The van der Waals surface area contributed by atoms with Crippen molar-refractivity contribution >= 4 is 16.9 Å². The van der Waals surface area contributed by atoms with Crippen molar-refractivity contribution < 1.29 is 14.3 Å². The number of halogens is 1. The van der Waals surface area contributed by atoms with Gasteiger partial charge in [0.2, 0.25) is 0 Å². The van der Waals surface area contributed by atoms with Gasteiger partial charge in [-0.1, -0.05) is 19.3 Å². The van der Waals surface area contributed by atoms with Crippen LogP contribution < -0.4 is 0 Å². The predicted molar refractivity (Wildman–Crippen MR) is 80.1 cm³/mol. The van der Waals surface area contributed by atoms with Crippen molar-refractivity contribution in [3.63, 3.8) is 0 Å². The highest BCUT2D eigenvalue weighted by Gasteiger charge is 2.41. The number of hydrogen-bond donors (Lipinski definition) is 2. The van der Waals surface area contributed by atoms with E-state index in [4.69, 9.17) is 0 Å². The first-order valence-corrected chi connectivity index (χ1v) is 7.48. The van der Waals surface area contributed by atoms with Crippen LogP contribution in [-0.4, -0.2) is 16.1 Å². The maximum atomic E-state index is 14.4. The van der Waals surface area contributed by atoms with Gasteiger partial charge in [-0.25, -0.2) is 4.39 Å². The topological polar surface area (TPSA) is 53.1 Å². The van der Waals surface area contributed by atoms with Crippen molar-refractivity contribution in [1.29, 1.82) is 0 Å². The minimum atomic E-state index is -0.926. The first kappa shape index (κ1) is 14.1. The van der Waals surface area contributed by atoms with Gasteiger partial charge in [-0.15, -0.1) is 0 Å². The number of carbonyl (C=O) groups is 1. The van der Waals surface area contributed by atoms with E-state index in [9.17, 15) is 14.3 Å². The lowest BCUT2D eigenvalue weighted by molar-refractivity contribution is -0.145. The van der Waals surface area contributed by atoms with Gasteiger partial charge >= 0.3 is 5.97 Å². The molecule has 4 heteroatoms. The van der Waals surface area contributed by atoms with E-state index in [1.54, 1.807) is 0 Å². The van der Waals surface area contributed by atoms with Gasteiger partial charge in [0.1, 0.15) is 5.82 Å². The monoisotopic (exact) mass is 289 g/mol. The zero-order chi connectivity index (χ0) is 15.2. The van der Waals surface area contributed by atoms with Crippen LogP contribution in [0.15, 0.2) is 12.1 Å². The molecule has 3 rings (SSSR count). The second-order valence-electron chi connectivity index (χ2n) is 6.20. The number of carboxylic acids is 1. The molecule has 1 saturated carbocycles. The number of fused-ring (bicyclic) bond motifs is 1.